The minimum absolute atomic E-state index is 0.123. The molecule has 2 aromatic carbocycles. The fraction of sp³-hybridized carbons (Fsp3) is 0.0588. The number of hydrogen-bond acceptors (Lipinski definition) is 4. The monoisotopic (exact) mass is 326 g/mol. The topological polar surface area (TPSA) is 80.4 Å². The number of fused-ring (bicyclic) bond motifs is 2. The maximum absolute atomic E-state index is 13.2. The maximum Gasteiger partial charge on any atom is 0.296 e. The van der Waals surface area contributed by atoms with E-state index in [2.05, 4.69) is 10.3 Å². The second-order valence-electron chi connectivity index (χ2n) is 5.24. The Morgan fingerprint density at radius 2 is 1.92 bits per heavy atom. The molecule has 0 saturated heterocycles. The van der Waals surface area contributed by atoms with Gasteiger partial charge in [0, 0.05) is 28.9 Å². The Balaban J connectivity index is 1.58. The van der Waals surface area contributed by atoms with Crippen molar-refractivity contribution in [1.29, 1.82) is 0 Å². The molecule has 6 nitrogen and oxygen atoms in total. The highest BCUT2D eigenvalue weighted by Crippen LogP contribution is 2.34. The molecule has 7 heteroatoms. The van der Waals surface area contributed by atoms with E-state index in [9.17, 15) is 14.0 Å². The molecule has 0 saturated carbocycles. The first kappa shape index (κ1) is 14.3. The van der Waals surface area contributed by atoms with Crippen LogP contribution in [0.3, 0.4) is 0 Å². The van der Waals surface area contributed by atoms with Crippen molar-refractivity contribution >= 4 is 28.3 Å². The summed E-state index contributed by atoms with van der Waals surface area (Å²) in [6, 6.07) is 8.81. The van der Waals surface area contributed by atoms with Gasteiger partial charge in [-0.3, -0.25) is 9.59 Å². The molecule has 0 atom stereocenters. The highest BCUT2D eigenvalue weighted by molar-refractivity contribution is 6.48. The molecule has 0 fully saturated rings. The fourth-order valence-electron chi connectivity index (χ4n) is 2.57. The molecule has 1 aliphatic rings. The number of amides is 1. The summed E-state index contributed by atoms with van der Waals surface area (Å²) in [4.78, 5) is 27.3. The van der Waals surface area contributed by atoms with Crippen molar-refractivity contribution < 1.29 is 23.5 Å². The summed E-state index contributed by atoms with van der Waals surface area (Å²) < 4.78 is 23.6. The van der Waals surface area contributed by atoms with E-state index < -0.39 is 17.5 Å². The maximum atomic E-state index is 13.2. The van der Waals surface area contributed by atoms with Crippen LogP contribution in [0.25, 0.3) is 10.9 Å². The lowest BCUT2D eigenvalue weighted by Gasteiger charge is -2.05. The molecular formula is C17H11FN2O4. The minimum Gasteiger partial charge on any atom is -0.454 e. The second-order valence-corrected chi connectivity index (χ2v) is 5.24. The molecule has 2 N–H and O–H groups in total. The Morgan fingerprint density at radius 3 is 2.79 bits per heavy atom. The summed E-state index contributed by atoms with van der Waals surface area (Å²) in [5.74, 6) is -0.849. The average Bonchev–Trinajstić information content (AvgIpc) is 3.19. The van der Waals surface area contributed by atoms with Gasteiger partial charge in [0.25, 0.3) is 11.7 Å². The number of rotatable bonds is 3. The molecule has 120 valence electrons. The van der Waals surface area contributed by atoms with E-state index in [0.717, 1.165) is 0 Å². The van der Waals surface area contributed by atoms with Crippen LogP contribution in [0.5, 0.6) is 11.5 Å². The third-order valence-electron chi connectivity index (χ3n) is 3.73. The summed E-state index contributed by atoms with van der Waals surface area (Å²) in [6.07, 6.45) is 1.39. The Bertz CT molecular complexity index is 980. The zero-order valence-electron chi connectivity index (χ0n) is 12.3. The van der Waals surface area contributed by atoms with Crippen molar-refractivity contribution in [2.24, 2.45) is 0 Å². The van der Waals surface area contributed by atoms with E-state index in [1.54, 1.807) is 18.2 Å². The van der Waals surface area contributed by atoms with E-state index >= 15 is 0 Å². The Morgan fingerprint density at radius 1 is 1.08 bits per heavy atom. The second kappa shape index (κ2) is 5.38. The number of Topliss-reactive ketones (excluding diaryl/α,β-unsaturated/α-hetero) is 1. The van der Waals surface area contributed by atoms with E-state index in [-0.39, 0.29) is 12.4 Å². The molecule has 1 aromatic heterocycles. The third-order valence-corrected chi connectivity index (χ3v) is 3.73. The number of anilines is 1. The highest BCUT2D eigenvalue weighted by Gasteiger charge is 2.21. The molecular weight excluding hydrogens is 315 g/mol. The number of carbonyl (C=O) groups excluding carboxylic acids is 2. The van der Waals surface area contributed by atoms with E-state index in [4.69, 9.17) is 9.47 Å². The Labute approximate surface area is 135 Å². The summed E-state index contributed by atoms with van der Waals surface area (Å²) in [7, 11) is 0. The van der Waals surface area contributed by atoms with Crippen molar-refractivity contribution in [3.8, 4) is 11.5 Å². The molecule has 4 rings (SSSR count). The number of nitrogens with one attached hydrogen (secondary N) is 2. The van der Waals surface area contributed by atoms with Gasteiger partial charge in [-0.1, -0.05) is 0 Å². The van der Waals surface area contributed by atoms with E-state index in [1.807, 2.05) is 0 Å². The molecule has 0 radical (unpaired) electrons. The zero-order valence-corrected chi connectivity index (χ0v) is 12.3. The van der Waals surface area contributed by atoms with Gasteiger partial charge in [0.15, 0.2) is 11.5 Å². The zero-order chi connectivity index (χ0) is 16.7. The molecule has 0 bridgehead atoms. The largest absolute Gasteiger partial charge is 0.454 e. The van der Waals surface area contributed by atoms with Gasteiger partial charge in [-0.25, -0.2) is 4.39 Å². The lowest BCUT2D eigenvalue weighted by molar-refractivity contribution is -0.112. The first-order valence-electron chi connectivity index (χ1n) is 7.14. The molecule has 3 aromatic rings. The molecule has 1 aliphatic heterocycles. The molecule has 1 amide bonds. The van der Waals surface area contributed by atoms with Crippen LogP contribution < -0.4 is 14.8 Å². The van der Waals surface area contributed by atoms with E-state index in [1.165, 1.54) is 24.4 Å². The van der Waals surface area contributed by atoms with Gasteiger partial charge in [-0.05, 0) is 30.3 Å². The lowest BCUT2D eigenvalue weighted by Crippen LogP contribution is -2.22. The normalized spacial score (nSPS) is 12.4. The van der Waals surface area contributed by atoms with Gasteiger partial charge in [-0.15, -0.1) is 0 Å². The van der Waals surface area contributed by atoms with Gasteiger partial charge < -0.3 is 19.8 Å². The minimum atomic E-state index is -0.793. The van der Waals surface area contributed by atoms with Crippen LogP contribution in [0, 0.1) is 5.82 Å². The van der Waals surface area contributed by atoms with Crippen molar-refractivity contribution in [2.75, 3.05) is 12.1 Å². The Hall–Kier alpha value is -3.35. The number of ether oxygens (including phenoxy) is 2. The number of aromatic amines is 1. The quantitative estimate of drug-likeness (QED) is 0.573. The number of aromatic nitrogens is 1. The fourth-order valence-corrected chi connectivity index (χ4v) is 2.57. The number of benzene rings is 2. The number of ketones is 1. The molecule has 0 unspecified atom stereocenters. The predicted molar refractivity (Wildman–Crippen MR) is 83.8 cm³/mol. The van der Waals surface area contributed by atoms with Crippen LogP contribution in [0.4, 0.5) is 10.1 Å². The SMILES string of the molecule is O=C(Nc1ccc2c(c1)OCO2)C(=O)c1c[nH]c2cc(F)ccc12. The van der Waals surface area contributed by atoms with Crippen LogP contribution in [0.2, 0.25) is 0 Å². The van der Waals surface area contributed by atoms with Crippen LogP contribution in [-0.2, 0) is 4.79 Å². The van der Waals surface area contributed by atoms with Gasteiger partial charge in [0.05, 0.1) is 5.56 Å². The van der Waals surface area contributed by atoms with Crippen molar-refractivity contribution in [2.45, 2.75) is 0 Å². The predicted octanol–water partition coefficient (Wildman–Crippen LogP) is 2.86. The first-order chi connectivity index (χ1) is 11.6. The van der Waals surface area contributed by atoms with E-state index in [0.29, 0.717) is 28.1 Å². The van der Waals surface area contributed by atoms with Gasteiger partial charge >= 0.3 is 0 Å². The first-order valence-corrected chi connectivity index (χ1v) is 7.14. The third kappa shape index (κ3) is 2.36. The number of halogens is 1. The smallest absolute Gasteiger partial charge is 0.296 e. The molecule has 2 heterocycles. The van der Waals surface area contributed by atoms with Crippen LogP contribution in [0.15, 0.2) is 42.6 Å². The van der Waals surface area contributed by atoms with Crippen molar-refractivity contribution in [3.05, 3.63) is 54.0 Å². The lowest BCUT2D eigenvalue weighted by atomic mass is 10.1. The van der Waals surface area contributed by atoms with Crippen molar-refractivity contribution in [3.63, 3.8) is 0 Å². The van der Waals surface area contributed by atoms with Crippen LogP contribution in [-0.4, -0.2) is 23.5 Å². The van der Waals surface area contributed by atoms with Gasteiger partial charge in [0.2, 0.25) is 6.79 Å². The summed E-state index contributed by atoms with van der Waals surface area (Å²) in [6.45, 7) is 0.123. The molecule has 24 heavy (non-hydrogen) atoms. The summed E-state index contributed by atoms with van der Waals surface area (Å²) in [5, 5.41) is 3.01. The van der Waals surface area contributed by atoms with Crippen LogP contribution in [0.1, 0.15) is 10.4 Å². The average molecular weight is 326 g/mol. The highest BCUT2D eigenvalue weighted by atomic mass is 19.1. The number of hydrogen-bond donors (Lipinski definition) is 2. The molecule has 0 spiro atoms. The number of carbonyl (C=O) groups is 2. The molecule has 0 aliphatic carbocycles. The summed E-state index contributed by atoms with van der Waals surface area (Å²) in [5.41, 5.74) is 1.06. The number of H-pyrrole nitrogens is 1. The summed E-state index contributed by atoms with van der Waals surface area (Å²) >= 11 is 0. The Kier molecular flexibility index (Phi) is 3.19. The van der Waals surface area contributed by atoms with Gasteiger partial charge in [-0.2, -0.15) is 0 Å². The standard InChI is InChI=1S/C17H11FN2O4/c18-9-1-3-11-12(7-19-13(11)5-9)16(21)17(22)20-10-2-4-14-15(6-10)24-8-23-14/h1-7,19H,8H2,(H,20,22). The van der Waals surface area contributed by atoms with Gasteiger partial charge in [0.1, 0.15) is 5.82 Å². The van der Waals surface area contributed by atoms with Crippen molar-refractivity contribution in [1.82, 2.24) is 4.98 Å². The van der Waals surface area contributed by atoms with Crippen LogP contribution >= 0.6 is 0 Å².